The highest BCUT2D eigenvalue weighted by Crippen LogP contribution is 2.49. The van der Waals surface area contributed by atoms with Gasteiger partial charge in [0.05, 0.1) is 36.3 Å². The maximum Gasteiger partial charge on any atom is 0.418 e. The first-order valence-electron chi connectivity index (χ1n) is 17.3. The largest absolute Gasteiger partial charge is 0.467 e. The molecule has 2 saturated heterocycles. The number of aromatic nitrogens is 4. The Hall–Kier alpha value is -4.10. The van der Waals surface area contributed by atoms with E-state index in [1.807, 2.05) is 11.6 Å². The number of fused-ring (bicyclic) bond motifs is 3. The summed E-state index contributed by atoms with van der Waals surface area (Å²) in [5.41, 5.74) is 6.69. The number of amides is 1. The predicted octanol–water partition coefficient (Wildman–Crippen LogP) is 5.94. The lowest BCUT2D eigenvalue weighted by molar-refractivity contribution is -0.138. The topological polar surface area (TPSA) is 106 Å². The summed E-state index contributed by atoms with van der Waals surface area (Å²) in [5, 5.41) is 3.65. The molecule has 2 N–H and O–H groups in total. The fourth-order valence-corrected chi connectivity index (χ4v) is 8.90. The normalized spacial score (nSPS) is 21.2. The molecule has 4 aliphatic heterocycles. The van der Waals surface area contributed by atoms with E-state index in [0.717, 1.165) is 35.9 Å². The zero-order valence-corrected chi connectivity index (χ0v) is 30.7. The second kappa shape index (κ2) is 15.1. The number of thioether (sulfide) groups is 1. The molecular weight excluding hydrogens is 704 g/mol. The number of nitrogens with two attached hydrogens (primary N) is 1. The Bertz CT molecular complexity index is 1890. The molecule has 6 heterocycles. The summed E-state index contributed by atoms with van der Waals surface area (Å²) in [4.78, 5) is 27.7. The van der Waals surface area contributed by atoms with Crippen molar-refractivity contribution in [2.24, 2.45) is 0 Å². The van der Waals surface area contributed by atoms with Gasteiger partial charge in [-0.1, -0.05) is 5.92 Å². The van der Waals surface area contributed by atoms with Crippen molar-refractivity contribution < 1.29 is 31.5 Å². The van der Waals surface area contributed by atoms with Crippen LogP contribution in [0.25, 0.3) is 0 Å². The Morgan fingerprint density at radius 3 is 2.62 bits per heavy atom. The average molecular weight is 747 g/mol. The molecule has 3 aromatic rings. The van der Waals surface area contributed by atoms with Crippen molar-refractivity contribution >= 4 is 29.2 Å². The van der Waals surface area contributed by atoms with Crippen LogP contribution in [0.2, 0.25) is 0 Å². The van der Waals surface area contributed by atoms with Crippen LogP contribution in [-0.2, 0) is 31.4 Å². The summed E-state index contributed by atoms with van der Waals surface area (Å²) in [7, 11) is 4.76. The van der Waals surface area contributed by atoms with Crippen LogP contribution in [0.4, 0.5) is 33.5 Å². The Kier molecular flexibility index (Phi) is 10.9. The third kappa shape index (κ3) is 7.39. The summed E-state index contributed by atoms with van der Waals surface area (Å²) >= 11 is 1.18. The van der Waals surface area contributed by atoms with Crippen molar-refractivity contribution in [2.75, 3.05) is 51.5 Å². The molecule has 0 aliphatic carbocycles. The third-order valence-electron chi connectivity index (χ3n) is 10.1. The second-order valence-electron chi connectivity index (χ2n) is 13.7. The number of benzene rings is 1. The van der Waals surface area contributed by atoms with Crippen LogP contribution >= 0.6 is 11.8 Å². The lowest BCUT2D eigenvalue weighted by Crippen LogP contribution is -2.28. The van der Waals surface area contributed by atoms with Crippen molar-refractivity contribution in [3.63, 3.8) is 0 Å². The molecule has 16 heteroatoms. The quantitative estimate of drug-likeness (QED) is 0.198. The summed E-state index contributed by atoms with van der Waals surface area (Å²) in [5.74, 6) is 4.45. The molecule has 280 valence electrons. The van der Waals surface area contributed by atoms with E-state index in [-0.39, 0.29) is 29.7 Å². The van der Waals surface area contributed by atoms with Crippen molar-refractivity contribution in [3.05, 3.63) is 56.8 Å². The Labute approximate surface area is 304 Å². The molecular formula is C36H43F5N8O2S. The number of rotatable bonds is 4. The van der Waals surface area contributed by atoms with Gasteiger partial charge in [0.25, 0.3) is 5.91 Å². The number of ether oxygens (including phenoxy) is 1. The van der Waals surface area contributed by atoms with Gasteiger partial charge < -0.3 is 20.3 Å². The summed E-state index contributed by atoms with van der Waals surface area (Å²) < 4.78 is 78.3. The number of halogens is 5. The van der Waals surface area contributed by atoms with E-state index in [2.05, 4.69) is 36.7 Å². The molecule has 0 radical (unpaired) electrons. The number of hydrogen-bond donors (Lipinski definition) is 1. The molecule has 10 nitrogen and oxygen atoms in total. The zero-order chi connectivity index (χ0) is 37.5. The maximum absolute atomic E-state index is 15.4. The molecule has 2 aromatic heterocycles. The molecule has 0 bridgehead atoms. The first-order chi connectivity index (χ1) is 24.7. The van der Waals surface area contributed by atoms with E-state index < -0.39 is 40.2 Å². The van der Waals surface area contributed by atoms with Gasteiger partial charge in [0.1, 0.15) is 12.0 Å². The van der Waals surface area contributed by atoms with Crippen LogP contribution < -0.4 is 15.4 Å². The summed E-state index contributed by atoms with van der Waals surface area (Å²) in [6.45, 7) is 6.75. The fourth-order valence-electron chi connectivity index (χ4n) is 7.58. The van der Waals surface area contributed by atoms with Gasteiger partial charge in [-0.2, -0.15) is 28.2 Å². The van der Waals surface area contributed by atoms with E-state index in [4.69, 9.17) is 10.5 Å². The average Bonchev–Trinajstić information content (AvgIpc) is 3.72. The Balaban J connectivity index is 0.000000444. The molecule has 1 aromatic carbocycles. The Morgan fingerprint density at radius 2 is 1.94 bits per heavy atom. The highest BCUT2D eigenvalue weighted by Gasteiger charge is 2.42. The number of carbonyl (C=O) groups is 1. The second-order valence-corrected chi connectivity index (χ2v) is 14.9. The smallest absolute Gasteiger partial charge is 0.418 e. The summed E-state index contributed by atoms with van der Waals surface area (Å²) in [6, 6.07) is 1.60. The van der Waals surface area contributed by atoms with Crippen molar-refractivity contribution in [1.29, 1.82) is 0 Å². The minimum Gasteiger partial charge on any atom is -0.467 e. The molecule has 3 unspecified atom stereocenters. The lowest BCUT2D eigenvalue weighted by Gasteiger charge is -2.31. The molecule has 4 aliphatic rings. The van der Waals surface area contributed by atoms with E-state index in [1.54, 1.807) is 14.1 Å². The Morgan fingerprint density at radius 1 is 1.17 bits per heavy atom. The van der Waals surface area contributed by atoms with E-state index in [1.165, 1.54) is 43.5 Å². The van der Waals surface area contributed by atoms with E-state index in [0.29, 0.717) is 55.8 Å². The highest BCUT2D eigenvalue weighted by molar-refractivity contribution is 7.98. The number of nitrogens with zero attached hydrogens (tertiary/aromatic N) is 7. The predicted molar refractivity (Wildman–Crippen MR) is 189 cm³/mol. The molecule has 52 heavy (non-hydrogen) atoms. The van der Waals surface area contributed by atoms with Crippen molar-refractivity contribution in [2.45, 2.75) is 88.4 Å². The van der Waals surface area contributed by atoms with Gasteiger partial charge in [-0.05, 0) is 52.1 Å². The summed E-state index contributed by atoms with van der Waals surface area (Å²) in [6.07, 6.45) is -1.32. The van der Waals surface area contributed by atoms with Crippen LogP contribution in [0.15, 0.2) is 6.07 Å². The van der Waals surface area contributed by atoms with Gasteiger partial charge in [-0.15, -0.1) is 17.7 Å². The van der Waals surface area contributed by atoms with Crippen LogP contribution in [0, 0.1) is 24.6 Å². The highest BCUT2D eigenvalue weighted by atomic mass is 32.2. The maximum atomic E-state index is 15.4. The molecule has 0 saturated carbocycles. The number of methoxy groups -OCH3 is 1. The van der Waals surface area contributed by atoms with E-state index >= 15 is 4.39 Å². The van der Waals surface area contributed by atoms with Gasteiger partial charge in [-0.3, -0.25) is 14.4 Å². The zero-order valence-electron chi connectivity index (χ0n) is 29.9. The standard InChI is InChI=1S/C29H31F4N7O2S.C7H12FN/c1-6-8-16-11-18(34)24(30)22(23(16)29(31,32)33)21-12-19-17(14-43-21)26(36-28(35-19)42-5)39-9-7-10-40-20(13-39)15(2)25(37-40)27(41)38(3)4;8-6-4-7-2-1-3-9(7)5-6/h11,21H,7,9-10,12-14,34H2,1-5H3;6-7H,1-5H2. The SMILES string of the molecule is CC#Cc1cc(N)c(F)c(C2Cc3nc(OC)nc(N4CCCn5nc(C(=O)N(C)C)c(C)c5C4)c3CS2)c1C(F)(F)F.FC1CC2CCCN2C1. The molecule has 7 rings (SSSR count). The van der Waals surface area contributed by atoms with Crippen molar-refractivity contribution in [3.8, 4) is 17.9 Å². The lowest BCUT2D eigenvalue weighted by atomic mass is 9.93. The van der Waals surface area contributed by atoms with Gasteiger partial charge in [-0.25, -0.2) is 8.78 Å². The monoisotopic (exact) mass is 746 g/mol. The first kappa shape index (κ1) is 37.7. The molecule has 0 spiro atoms. The molecule has 1 amide bonds. The van der Waals surface area contributed by atoms with Crippen LogP contribution in [0.1, 0.15) is 87.6 Å². The van der Waals surface area contributed by atoms with Gasteiger partial charge >= 0.3 is 12.2 Å². The third-order valence-corrected chi connectivity index (χ3v) is 11.3. The van der Waals surface area contributed by atoms with Crippen LogP contribution in [0.5, 0.6) is 6.01 Å². The molecule has 2 fully saturated rings. The number of nitrogen functional groups attached to an aromatic ring is 1. The first-order valence-corrected chi connectivity index (χ1v) is 18.3. The minimum absolute atomic E-state index is 0.000607. The van der Waals surface area contributed by atoms with Gasteiger partial charge in [0.2, 0.25) is 0 Å². The van der Waals surface area contributed by atoms with Gasteiger partial charge in [0.15, 0.2) is 11.5 Å². The van der Waals surface area contributed by atoms with E-state index in [9.17, 15) is 22.4 Å². The number of hydrogen-bond acceptors (Lipinski definition) is 9. The number of carbonyl (C=O) groups excluding carboxylic acids is 1. The fraction of sp³-hybridized carbons (Fsp3) is 0.556. The number of aryl methyl sites for hydroxylation is 1. The van der Waals surface area contributed by atoms with Crippen LogP contribution in [-0.4, -0.2) is 88.5 Å². The molecule has 3 atom stereocenters. The van der Waals surface area contributed by atoms with Crippen LogP contribution in [0.3, 0.4) is 0 Å². The van der Waals surface area contributed by atoms with Crippen molar-refractivity contribution in [1.82, 2.24) is 29.5 Å². The van der Waals surface area contributed by atoms with Gasteiger partial charge in [0, 0.05) is 79.4 Å². The number of anilines is 2. The minimum atomic E-state index is -4.85. The number of alkyl halides is 4.